The summed E-state index contributed by atoms with van der Waals surface area (Å²) in [5.41, 5.74) is 0. The van der Waals surface area contributed by atoms with Crippen LogP contribution in [0.4, 0.5) is 13.2 Å². The molecule has 0 aliphatic heterocycles. The zero-order chi connectivity index (χ0) is 10.2. The second kappa shape index (κ2) is 6.74. The first-order valence-electron chi connectivity index (χ1n) is 4.29. The Labute approximate surface area is 75.8 Å². The molecular weight excluding hydrogens is 183 g/mol. The number of unbranched alkanes of at least 4 members (excludes halogenated alkanes) is 3. The second-order valence-corrected chi connectivity index (χ2v) is 2.64. The van der Waals surface area contributed by atoms with E-state index in [-0.39, 0.29) is 0 Å². The van der Waals surface area contributed by atoms with Gasteiger partial charge in [-0.15, -0.1) is 13.2 Å². The largest absolute Gasteiger partial charge is 0.573 e. The van der Waals surface area contributed by atoms with Crippen molar-refractivity contribution in [2.45, 2.75) is 39.0 Å². The van der Waals surface area contributed by atoms with Crippen LogP contribution in [0.3, 0.4) is 0 Å². The van der Waals surface area contributed by atoms with E-state index in [1.807, 2.05) is 0 Å². The van der Waals surface area contributed by atoms with Gasteiger partial charge in [0.2, 0.25) is 0 Å². The summed E-state index contributed by atoms with van der Waals surface area (Å²) >= 11 is 0. The van der Waals surface area contributed by atoms with Gasteiger partial charge in [0.05, 0.1) is 0 Å². The minimum Gasteiger partial charge on any atom is -0.395 e. The fourth-order valence-electron chi connectivity index (χ4n) is 0.780. The Morgan fingerprint density at radius 1 is 1.23 bits per heavy atom. The van der Waals surface area contributed by atoms with Crippen molar-refractivity contribution < 1.29 is 17.9 Å². The van der Waals surface area contributed by atoms with E-state index >= 15 is 0 Å². The molecule has 0 amide bonds. The molecule has 5 heteroatoms. The van der Waals surface area contributed by atoms with Crippen molar-refractivity contribution in [1.82, 2.24) is 0 Å². The lowest BCUT2D eigenvalue weighted by atomic mass is 10.2. The summed E-state index contributed by atoms with van der Waals surface area (Å²) in [4.78, 5) is 3.46. The minimum atomic E-state index is -4.60. The summed E-state index contributed by atoms with van der Waals surface area (Å²) in [6.07, 6.45) is -0.136. The summed E-state index contributed by atoms with van der Waals surface area (Å²) in [5, 5.41) is 0. The number of halogens is 3. The van der Waals surface area contributed by atoms with Gasteiger partial charge in [-0.05, 0) is 6.42 Å². The second-order valence-electron chi connectivity index (χ2n) is 2.64. The Morgan fingerprint density at radius 2 is 1.92 bits per heavy atom. The van der Waals surface area contributed by atoms with Crippen molar-refractivity contribution in [3.63, 3.8) is 0 Å². The van der Waals surface area contributed by atoms with E-state index in [4.69, 9.17) is 0 Å². The molecule has 0 aromatic rings. The number of alkyl halides is 3. The molecule has 2 nitrogen and oxygen atoms in total. The average Bonchev–Trinajstić information content (AvgIpc) is 2.01. The van der Waals surface area contributed by atoms with Gasteiger partial charge >= 0.3 is 6.36 Å². The van der Waals surface area contributed by atoms with Crippen LogP contribution in [0.1, 0.15) is 32.6 Å². The lowest BCUT2D eigenvalue weighted by Gasteiger charge is -2.01. The maximum Gasteiger partial charge on any atom is 0.573 e. The van der Waals surface area contributed by atoms with E-state index in [2.05, 4.69) is 16.7 Å². The molecule has 0 rings (SSSR count). The lowest BCUT2D eigenvalue weighted by molar-refractivity contribution is -0.280. The predicted octanol–water partition coefficient (Wildman–Crippen LogP) is 3.13. The topological polar surface area (TPSA) is 21.6 Å². The van der Waals surface area contributed by atoms with Crippen LogP contribution in [0.15, 0.2) is 4.99 Å². The third-order valence-electron chi connectivity index (χ3n) is 1.40. The number of ether oxygens (including phenoxy) is 1. The van der Waals surface area contributed by atoms with E-state index in [0.29, 0.717) is 12.9 Å². The minimum absolute atomic E-state index is 0.399. The Kier molecular flexibility index (Phi) is 6.36. The SMILES string of the molecule is CCCCCCN=COC(F)(F)F. The molecule has 0 saturated carbocycles. The van der Waals surface area contributed by atoms with E-state index < -0.39 is 6.36 Å². The van der Waals surface area contributed by atoms with E-state index in [9.17, 15) is 13.2 Å². The number of aliphatic imine (C=N–C) groups is 1. The van der Waals surface area contributed by atoms with Crippen LogP contribution in [0, 0.1) is 0 Å². The molecule has 78 valence electrons. The maximum absolute atomic E-state index is 11.4. The molecule has 0 saturated heterocycles. The van der Waals surface area contributed by atoms with Gasteiger partial charge in [0.1, 0.15) is 0 Å². The first kappa shape index (κ1) is 12.3. The van der Waals surface area contributed by atoms with Crippen LogP contribution in [0.25, 0.3) is 0 Å². The Morgan fingerprint density at radius 3 is 2.46 bits per heavy atom. The molecule has 13 heavy (non-hydrogen) atoms. The average molecular weight is 197 g/mol. The molecule has 0 aliphatic carbocycles. The highest BCUT2D eigenvalue weighted by molar-refractivity contribution is 5.46. The van der Waals surface area contributed by atoms with Crippen molar-refractivity contribution in [1.29, 1.82) is 0 Å². The number of hydrogen-bond acceptors (Lipinski definition) is 2. The van der Waals surface area contributed by atoms with Gasteiger partial charge in [0.15, 0.2) is 6.40 Å². The Bertz CT molecular complexity index is 145. The Hall–Kier alpha value is -0.740. The molecule has 0 aromatic heterocycles. The van der Waals surface area contributed by atoms with E-state index in [1.54, 1.807) is 0 Å². The normalized spacial score (nSPS) is 12.3. The maximum atomic E-state index is 11.4. The fourth-order valence-corrected chi connectivity index (χ4v) is 0.780. The summed E-state index contributed by atoms with van der Waals surface area (Å²) in [7, 11) is 0. The highest BCUT2D eigenvalue weighted by Gasteiger charge is 2.29. The Balaban J connectivity index is 3.22. The third kappa shape index (κ3) is 11.3. The zero-order valence-electron chi connectivity index (χ0n) is 7.60. The number of nitrogens with zero attached hydrogens (tertiary/aromatic N) is 1. The van der Waals surface area contributed by atoms with Gasteiger partial charge in [-0.3, -0.25) is 4.99 Å². The first-order valence-corrected chi connectivity index (χ1v) is 4.29. The highest BCUT2D eigenvalue weighted by Crippen LogP contribution is 2.14. The van der Waals surface area contributed by atoms with Crippen molar-refractivity contribution >= 4 is 6.40 Å². The highest BCUT2D eigenvalue weighted by atomic mass is 19.4. The predicted molar refractivity (Wildman–Crippen MR) is 44.6 cm³/mol. The summed E-state index contributed by atoms with van der Waals surface area (Å²) in [6.45, 7) is 2.46. The monoisotopic (exact) mass is 197 g/mol. The molecule has 0 heterocycles. The zero-order valence-corrected chi connectivity index (χ0v) is 7.60. The number of hydrogen-bond donors (Lipinski definition) is 0. The first-order chi connectivity index (χ1) is 6.06. The number of rotatable bonds is 6. The van der Waals surface area contributed by atoms with Crippen molar-refractivity contribution in [2.75, 3.05) is 6.54 Å². The van der Waals surface area contributed by atoms with Crippen molar-refractivity contribution in [3.8, 4) is 0 Å². The molecule has 0 N–H and O–H groups in total. The van der Waals surface area contributed by atoms with Gasteiger partial charge in [0, 0.05) is 6.54 Å². The van der Waals surface area contributed by atoms with Crippen LogP contribution < -0.4 is 0 Å². The molecule has 0 spiro atoms. The fraction of sp³-hybridized carbons (Fsp3) is 0.875. The third-order valence-corrected chi connectivity index (χ3v) is 1.40. The lowest BCUT2D eigenvalue weighted by Crippen LogP contribution is -2.11. The van der Waals surface area contributed by atoms with Crippen LogP contribution >= 0.6 is 0 Å². The molecule has 0 aliphatic rings. The summed E-state index contributed by atoms with van der Waals surface area (Å²) < 4.78 is 37.5. The van der Waals surface area contributed by atoms with Gasteiger partial charge in [-0.2, -0.15) is 0 Å². The molecular formula is C8H14F3NO. The molecule has 0 aromatic carbocycles. The summed E-state index contributed by atoms with van der Waals surface area (Å²) in [5.74, 6) is 0. The van der Waals surface area contributed by atoms with Crippen LogP contribution in [-0.2, 0) is 4.74 Å². The molecule has 0 fully saturated rings. The van der Waals surface area contributed by atoms with Crippen LogP contribution in [0.2, 0.25) is 0 Å². The van der Waals surface area contributed by atoms with Gasteiger partial charge < -0.3 is 4.74 Å². The quantitative estimate of drug-likeness (QED) is 0.364. The van der Waals surface area contributed by atoms with Gasteiger partial charge in [-0.1, -0.05) is 26.2 Å². The van der Waals surface area contributed by atoms with E-state index in [0.717, 1.165) is 25.7 Å². The van der Waals surface area contributed by atoms with E-state index in [1.165, 1.54) is 0 Å². The smallest absolute Gasteiger partial charge is 0.395 e. The molecule has 0 radical (unpaired) electrons. The van der Waals surface area contributed by atoms with Crippen LogP contribution in [0.5, 0.6) is 0 Å². The molecule has 0 atom stereocenters. The van der Waals surface area contributed by atoms with Gasteiger partial charge in [0.25, 0.3) is 0 Å². The standard InChI is InChI=1S/C8H14F3NO/c1-2-3-4-5-6-12-7-13-8(9,10)11/h7H,2-6H2,1H3. The van der Waals surface area contributed by atoms with Crippen LogP contribution in [-0.4, -0.2) is 19.3 Å². The summed E-state index contributed by atoms with van der Waals surface area (Å²) in [6, 6.07) is 0. The van der Waals surface area contributed by atoms with Gasteiger partial charge in [-0.25, -0.2) is 0 Å². The molecule has 0 unspecified atom stereocenters. The molecule has 0 bridgehead atoms. The van der Waals surface area contributed by atoms with Crippen molar-refractivity contribution in [2.24, 2.45) is 4.99 Å². The van der Waals surface area contributed by atoms with Crippen molar-refractivity contribution in [3.05, 3.63) is 0 Å².